The molecule has 0 atom stereocenters. The van der Waals surface area contributed by atoms with Gasteiger partial charge in [0, 0.05) is 0 Å². The molecule has 0 saturated heterocycles. The normalized spacial score (nSPS) is 12.1. The van der Waals surface area contributed by atoms with Crippen LogP contribution in [0.2, 0.25) is 0 Å². The van der Waals surface area contributed by atoms with Crippen molar-refractivity contribution in [3.05, 3.63) is 89.5 Å². The minimum Gasteiger partial charge on any atom is -0.462 e. The lowest BCUT2D eigenvalue weighted by atomic mass is 9.87. The molecule has 0 aromatic heterocycles. The molecule has 0 aliphatic rings. The van der Waals surface area contributed by atoms with Gasteiger partial charge in [-0.3, -0.25) is 0 Å². The van der Waals surface area contributed by atoms with Crippen LogP contribution in [0.3, 0.4) is 0 Å². The van der Waals surface area contributed by atoms with Gasteiger partial charge in [0.1, 0.15) is 16.5 Å². The Kier molecular flexibility index (Phi) is 7.19. The van der Waals surface area contributed by atoms with Crippen LogP contribution in [0.5, 0.6) is 0 Å². The molecule has 0 bridgehead atoms. The molecule has 0 N–H and O–H groups in total. The minimum atomic E-state index is -0.421. The van der Waals surface area contributed by atoms with Crippen LogP contribution in [0.1, 0.15) is 70.0 Å². The quantitative estimate of drug-likeness (QED) is 0.298. The van der Waals surface area contributed by atoms with Crippen molar-refractivity contribution >= 4 is 16.9 Å². The highest BCUT2D eigenvalue weighted by molar-refractivity contribution is 7.97. The number of ether oxygens (including phenoxy) is 1. The highest BCUT2D eigenvalue weighted by Gasteiger charge is 2.34. The SMILES string of the molecule is CCOC(=O)c1ccccc1[S+](c1ccc(C(C)(C)C)cc1)c1ccc(C(C)(C)C)cc1. The second kappa shape index (κ2) is 9.54. The Bertz CT molecular complexity index is 995. The molecule has 0 aliphatic carbocycles. The number of esters is 1. The number of hydrogen-bond acceptors (Lipinski definition) is 2. The summed E-state index contributed by atoms with van der Waals surface area (Å²) < 4.78 is 5.38. The van der Waals surface area contributed by atoms with Gasteiger partial charge in [0.05, 0.1) is 6.61 Å². The summed E-state index contributed by atoms with van der Waals surface area (Å²) in [4.78, 5) is 16.2. The summed E-state index contributed by atoms with van der Waals surface area (Å²) in [5.41, 5.74) is 3.42. The molecule has 168 valence electrons. The zero-order chi connectivity index (χ0) is 23.5. The zero-order valence-electron chi connectivity index (χ0n) is 20.4. The van der Waals surface area contributed by atoms with Gasteiger partial charge in [0.15, 0.2) is 14.7 Å². The molecule has 0 saturated carbocycles. The maximum Gasteiger partial charge on any atom is 0.343 e. The van der Waals surface area contributed by atoms with Crippen LogP contribution < -0.4 is 0 Å². The Hall–Kier alpha value is -2.52. The lowest BCUT2D eigenvalue weighted by Gasteiger charge is -2.20. The molecular weight excluding hydrogens is 412 g/mol. The third-order valence-electron chi connectivity index (χ3n) is 5.51. The summed E-state index contributed by atoms with van der Waals surface area (Å²) >= 11 is 0. The summed E-state index contributed by atoms with van der Waals surface area (Å²) in [6.45, 7) is 15.6. The average Bonchev–Trinajstić information content (AvgIpc) is 2.74. The van der Waals surface area contributed by atoms with Gasteiger partial charge < -0.3 is 4.74 Å². The van der Waals surface area contributed by atoms with Crippen molar-refractivity contribution in [1.82, 2.24) is 0 Å². The third kappa shape index (κ3) is 5.45. The number of carbonyl (C=O) groups excluding carboxylic acids is 1. The van der Waals surface area contributed by atoms with Crippen LogP contribution in [0, 0.1) is 0 Å². The van der Waals surface area contributed by atoms with E-state index in [1.807, 2.05) is 25.1 Å². The fourth-order valence-corrected chi connectivity index (χ4v) is 5.78. The van der Waals surface area contributed by atoms with Crippen molar-refractivity contribution in [3.8, 4) is 0 Å². The summed E-state index contributed by atoms with van der Waals surface area (Å²) in [6.07, 6.45) is 0. The molecular formula is C29H35O2S+. The van der Waals surface area contributed by atoms with E-state index in [-0.39, 0.29) is 16.8 Å². The van der Waals surface area contributed by atoms with Gasteiger partial charge in [0.25, 0.3) is 0 Å². The lowest BCUT2D eigenvalue weighted by Crippen LogP contribution is -2.15. The fourth-order valence-electron chi connectivity index (χ4n) is 3.59. The molecule has 0 radical (unpaired) electrons. The highest BCUT2D eigenvalue weighted by atomic mass is 32.2. The molecule has 0 amide bonds. The van der Waals surface area contributed by atoms with E-state index in [2.05, 4.69) is 96.1 Å². The Balaban J connectivity index is 2.16. The molecule has 3 aromatic carbocycles. The van der Waals surface area contributed by atoms with E-state index in [9.17, 15) is 4.79 Å². The minimum absolute atomic E-state index is 0.0916. The largest absolute Gasteiger partial charge is 0.462 e. The first-order valence-electron chi connectivity index (χ1n) is 11.2. The number of carbonyl (C=O) groups is 1. The van der Waals surface area contributed by atoms with Gasteiger partial charge in [-0.1, -0.05) is 77.9 Å². The average molecular weight is 448 g/mol. The lowest BCUT2D eigenvalue weighted by molar-refractivity contribution is 0.0522. The molecule has 2 nitrogen and oxygen atoms in total. The molecule has 0 fully saturated rings. The second-order valence-corrected chi connectivity index (χ2v) is 12.1. The molecule has 0 spiro atoms. The van der Waals surface area contributed by atoms with Gasteiger partial charge in [-0.05, 0) is 65.3 Å². The Morgan fingerprint density at radius 1 is 0.719 bits per heavy atom. The van der Waals surface area contributed by atoms with Gasteiger partial charge >= 0.3 is 5.97 Å². The van der Waals surface area contributed by atoms with Crippen molar-refractivity contribution in [2.75, 3.05) is 6.61 Å². The Morgan fingerprint density at radius 2 is 1.16 bits per heavy atom. The summed E-state index contributed by atoms with van der Waals surface area (Å²) in [7, 11) is -0.421. The van der Waals surface area contributed by atoms with Crippen molar-refractivity contribution in [2.45, 2.75) is 74.0 Å². The van der Waals surface area contributed by atoms with Crippen molar-refractivity contribution in [1.29, 1.82) is 0 Å². The van der Waals surface area contributed by atoms with E-state index >= 15 is 0 Å². The van der Waals surface area contributed by atoms with Gasteiger partial charge in [-0.15, -0.1) is 0 Å². The van der Waals surface area contributed by atoms with Crippen LogP contribution >= 0.6 is 0 Å². The Morgan fingerprint density at radius 3 is 1.56 bits per heavy atom. The van der Waals surface area contributed by atoms with E-state index in [1.165, 1.54) is 20.9 Å². The first kappa shape index (κ1) is 24.1. The van der Waals surface area contributed by atoms with E-state index in [0.717, 1.165) is 4.90 Å². The summed E-state index contributed by atoms with van der Waals surface area (Å²) in [5, 5.41) is 0. The highest BCUT2D eigenvalue weighted by Crippen LogP contribution is 2.36. The smallest absolute Gasteiger partial charge is 0.343 e. The van der Waals surface area contributed by atoms with Crippen LogP contribution in [0.4, 0.5) is 0 Å². The maximum absolute atomic E-state index is 12.8. The Labute approximate surface area is 196 Å². The van der Waals surface area contributed by atoms with Crippen LogP contribution in [-0.4, -0.2) is 12.6 Å². The first-order valence-corrected chi connectivity index (χ1v) is 12.5. The standard InChI is InChI=1S/C29H35O2S/c1-8-31-27(30)25-11-9-10-12-26(25)32(23-17-13-21(14-18-23)28(2,3)4)24-19-15-22(16-20-24)29(5,6)7/h9-20H,8H2,1-7H3/q+1. The molecule has 3 rings (SSSR count). The molecule has 3 aromatic rings. The van der Waals surface area contributed by atoms with E-state index in [1.54, 1.807) is 0 Å². The first-order chi connectivity index (χ1) is 15.0. The monoisotopic (exact) mass is 447 g/mol. The van der Waals surface area contributed by atoms with Crippen molar-refractivity contribution in [3.63, 3.8) is 0 Å². The number of rotatable bonds is 5. The van der Waals surface area contributed by atoms with Gasteiger partial charge in [-0.25, -0.2) is 4.79 Å². The van der Waals surface area contributed by atoms with Crippen LogP contribution in [0.25, 0.3) is 0 Å². The molecule has 0 heterocycles. The zero-order valence-corrected chi connectivity index (χ0v) is 21.2. The number of hydrogen-bond donors (Lipinski definition) is 0. The second-order valence-electron chi connectivity index (χ2n) is 10.1. The fraction of sp³-hybridized carbons (Fsp3) is 0.345. The predicted octanol–water partition coefficient (Wildman–Crippen LogP) is 7.55. The summed E-state index contributed by atoms with van der Waals surface area (Å²) in [6, 6.07) is 25.5. The maximum atomic E-state index is 12.8. The predicted molar refractivity (Wildman–Crippen MR) is 135 cm³/mol. The molecule has 0 unspecified atom stereocenters. The van der Waals surface area contributed by atoms with Gasteiger partial charge in [-0.2, -0.15) is 0 Å². The van der Waals surface area contributed by atoms with E-state index < -0.39 is 10.9 Å². The van der Waals surface area contributed by atoms with Gasteiger partial charge in [0.2, 0.25) is 0 Å². The molecule has 0 aliphatic heterocycles. The van der Waals surface area contributed by atoms with E-state index in [4.69, 9.17) is 4.74 Å². The summed E-state index contributed by atoms with van der Waals surface area (Å²) in [5.74, 6) is -0.266. The number of benzene rings is 3. The van der Waals surface area contributed by atoms with Crippen molar-refractivity contribution < 1.29 is 9.53 Å². The topological polar surface area (TPSA) is 26.3 Å². The third-order valence-corrected chi connectivity index (χ3v) is 7.80. The molecule has 3 heteroatoms. The van der Waals surface area contributed by atoms with Crippen molar-refractivity contribution in [2.24, 2.45) is 0 Å². The molecule has 32 heavy (non-hydrogen) atoms. The van der Waals surface area contributed by atoms with Crippen LogP contribution in [0.15, 0.2) is 87.5 Å². The van der Waals surface area contributed by atoms with Crippen LogP contribution in [-0.2, 0) is 26.5 Å². The van der Waals surface area contributed by atoms with E-state index in [0.29, 0.717) is 12.2 Å².